The fraction of sp³-hybridized carbons (Fsp3) is 0.435. The quantitative estimate of drug-likeness (QED) is 0.773. The van der Waals surface area contributed by atoms with Gasteiger partial charge in [0.1, 0.15) is 0 Å². The van der Waals surface area contributed by atoms with Crippen molar-refractivity contribution in [2.24, 2.45) is 4.99 Å². The summed E-state index contributed by atoms with van der Waals surface area (Å²) in [7, 11) is 0. The van der Waals surface area contributed by atoms with Crippen molar-refractivity contribution in [3.05, 3.63) is 59.7 Å². The van der Waals surface area contributed by atoms with Crippen molar-refractivity contribution in [2.45, 2.75) is 57.4 Å². The normalized spacial score (nSPS) is 25.8. The Morgan fingerprint density at radius 2 is 1.80 bits per heavy atom. The zero-order chi connectivity index (χ0) is 18.5. The molecule has 2 aromatic carbocycles. The first-order valence-electron chi connectivity index (χ1n) is 9.04. The number of aliphatic hydroxyl groups is 1. The van der Waals surface area contributed by atoms with Crippen molar-refractivity contribution in [1.82, 2.24) is 0 Å². The highest BCUT2D eigenvalue weighted by atomic mass is 16.3. The van der Waals surface area contributed by atoms with Crippen LogP contribution < -0.4 is 0 Å². The van der Waals surface area contributed by atoms with Crippen LogP contribution in [0.2, 0.25) is 0 Å². The molecule has 0 bridgehead atoms. The highest BCUT2D eigenvalue weighted by molar-refractivity contribution is 5.99. The SMILES string of the molecule is C=CC1(C)N=Cc2cc(C(C)(C)C)c3ccccc3c2C1(C)CCO. The molecule has 2 unspecified atom stereocenters. The molecular weight excluding hydrogens is 306 g/mol. The molecule has 1 aliphatic rings. The van der Waals surface area contributed by atoms with Crippen LogP contribution >= 0.6 is 0 Å². The van der Waals surface area contributed by atoms with Gasteiger partial charge in [0.2, 0.25) is 0 Å². The molecule has 1 heterocycles. The Labute approximate surface area is 151 Å². The summed E-state index contributed by atoms with van der Waals surface area (Å²) in [5, 5.41) is 12.4. The molecule has 0 amide bonds. The molecular formula is C23H29NO. The second kappa shape index (κ2) is 5.81. The van der Waals surface area contributed by atoms with Crippen molar-refractivity contribution in [1.29, 1.82) is 0 Å². The number of fused-ring (bicyclic) bond motifs is 3. The standard InChI is InChI=1S/C23H29NO/c1-7-23(6)22(5,12-13-25)20-16(15-24-23)14-19(21(2,3)4)17-10-8-9-11-18(17)20/h7-11,14-15,25H,1,12-13H2,2-6H3. The molecule has 0 saturated carbocycles. The largest absolute Gasteiger partial charge is 0.396 e. The summed E-state index contributed by atoms with van der Waals surface area (Å²) in [4.78, 5) is 4.87. The van der Waals surface area contributed by atoms with Gasteiger partial charge in [-0.25, -0.2) is 0 Å². The highest BCUT2D eigenvalue weighted by Gasteiger charge is 2.47. The van der Waals surface area contributed by atoms with Crippen molar-refractivity contribution >= 4 is 17.0 Å². The molecule has 1 N–H and O–H groups in total. The Hall–Kier alpha value is -1.93. The smallest absolute Gasteiger partial charge is 0.0852 e. The van der Waals surface area contributed by atoms with E-state index >= 15 is 0 Å². The maximum atomic E-state index is 9.81. The Morgan fingerprint density at radius 1 is 1.16 bits per heavy atom. The summed E-state index contributed by atoms with van der Waals surface area (Å²) in [6.07, 6.45) is 4.57. The van der Waals surface area contributed by atoms with Crippen LogP contribution in [-0.2, 0) is 10.8 Å². The van der Waals surface area contributed by atoms with Crippen molar-refractivity contribution in [3.63, 3.8) is 0 Å². The molecule has 25 heavy (non-hydrogen) atoms. The van der Waals surface area contributed by atoms with Crippen LogP contribution in [0.5, 0.6) is 0 Å². The predicted molar refractivity (Wildman–Crippen MR) is 108 cm³/mol. The van der Waals surface area contributed by atoms with Crippen LogP contribution in [-0.4, -0.2) is 23.5 Å². The minimum atomic E-state index is -0.436. The number of rotatable bonds is 3. The fourth-order valence-corrected chi connectivity index (χ4v) is 4.21. The molecule has 0 radical (unpaired) electrons. The fourth-order valence-electron chi connectivity index (χ4n) is 4.21. The third-order valence-corrected chi connectivity index (χ3v) is 6.03. The monoisotopic (exact) mass is 335 g/mol. The topological polar surface area (TPSA) is 32.6 Å². The van der Waals surface area contributed by atoms with Gasteiger partial charge in [0.15, 0.2) is 0 Å². The van der Waals surface area contributed by atoms with Gasteiger partial charge < -0.3 is 5.11 Å². The van der Waals surface area contributed by atoms with Gasteiger partial charge in [-0.15, -0.1) is 6.58 Å². The first-order chi connectivity index (χ1) is 11.7. The van der Waals surface area contributed by atoms with E-state index in [1.54, 1.807) is 0 Å². The van der Waals surface area contributed by atoms with Crippen LogP contribution in [0.15, 0.2) is 48.0 Å². The van der Waals surface area contributed by atoms with E-state index < -0.39 is 5.54 Å². The van der Waals surface area contributed by atoms with Crippen molar-refractivity contribution in [3.8, 4) is 0 Å². The van der Waals surface area contributed by atoms with Crippen LogP contribution in [0.3, 0.4) is 0 Å². The van der Waals surface area contributed by atoms with Crippen LogP contribution in [0, 0.1) is 0 Å². The van der Waals surface area contributed by atoms with Gasteiger partial charge in [0.05, 0.1) is 5.54 Å². The highest BCUT2D eigenvalue weighted by Crippen LogP contribution is 2.49. The van der Waals surface area contributed by atoms with E-state index in [1.165, 1.54) is 27.5 Å². The first kappa shape index (κ1) is 17.9. The third-order valence-electron chi connectivity index (χ3n) is 6.03. The number of hydrogen-bond donors (Lipinski definition) is 1. The predicted octanol–water partition coefficient (Wildman–Crippen LogP) is 5.15. The van der Waals surface area contributed by atoms with E-state index in [0.29, 0.717) is 6.42 Å². The lowest BCUT2D eigenvalue weighted by Gasteiger charge is -2.46. The minimum absolute atomic E-state index is 0.0506. The van der Waals surface area contributed by atoms with Gasteiger partial charge in [-0.05, 0) is 52.3 Å². The lowest BCUT2D eigenvalue weighted by atomic mass is 9.61. The molecule has 0 spiro atoms. The average molecular weight is 335 g/mol. The maximum Gasteiger partial charge on any atom is 0.0852 e. The van der Waals surface area contributed by atoms with Crippen LogP contribution in [0.4, 0.5) is 0 Å². The van der Waals surface area contributed by atoms with Crippen LogP contribution in [0.1, 0.15) is 57.7 Å². The second-order valence-corrected chi connectivity index (χ2v) is 8.60. The summed E-state index contributed by atoms with van der Waals surface area (Å²) in [6, 6.07) is 10.9. The van der Waals surface area contributed by atoms with Gasteiger partial charge in [-0.1, -0.05) is 58.0 Å². The number of benzene rings is 2. The molecule has 3 rings (SSSR count). The third kappa shape index (κ3) is 2.55. The van der Waals surface area contributed by atoms with Gasteiger partial charge in [0, 0.05) is 18.2 Å². The molecule has 132 valence electrons. The van der Waals surface area contributed by atoms with E-state index in [4.69, 9.17) is 4.99 Å². The van der Waals surface area contributed by atoms with Gasteiger partial charge in [-0.3, -0.25) is 4.99 Å². The molecule has 2 nitrogen and oxygen atoms in total. The molecule has 1 aliphatic heterocycles. The van der Waals surface area contributed by atoms with Crippen molar-refractivity contribution < 1.29 is 5.11 Å². The Morgan fingerprint density at radius 3 is 2.36 bits per heavy atom. The van der Waals surface area contributed by atoms with E-state index in [9.17, 15) is 5.11 Å². The number of aliphatic imine (C=N–C) groups is 1. The minimum Gasteiger partial charge on any atom is -0.396 e. The molecule has 2 atom stereocenters. The van der Waals surface area contributed by atoms with E-state index in [0.717, 1.165) is 0 Å². The zero-order valence-electron chi connectivity index (χ0n) is 16.1. The maximum absolute atomic E-state index is 9.81. The molecule has 2 aromatic rings. The van der Waals surface area contributed by atoms with E-state index in [2.05, 4.69) is 71.5 Å². The Kier molecular flexibility index (Phi) is 4.15. The molecule has 0 aromatic heterocycles. The van der Waals surface area contributed by atoms with Gasteiger partial charge in [0.25, 0.3) is 0 Å². The number of aliphatic hydroxyl groups excluding tert-OH is 1. The Balaban J connectivity index is 2.46. The Bertz CT molecular complexity index is 858. The zero-order valence-corrected chi connectivity index (χ0v) is 16.1. The second-order valence-electron chi connectivity index (χ2n) is 8.60. The number of hydrogen-bond acceptors (Lipinski definition) is 2. The average Bonchev–Trinajstić information content (AvgIpc) is 2.56. The van der Waals surface area contributed by atoms with E-state index in [1.807, 2.05) is 12.3 Å². The van der Waals surface area contributed by atoms with E-state index in [-0.39, 0.29) is 17.4 Å². The lowest BCUT2D eigenvalue weighted by molar-refractivity contribution is 0.205. The summed E-state index contributed by atoms with van der Waals surface area (Å²) < 4.78 is 0. The van der Waals surface area contributed by atoms with Gasteiger partial charge >= 0.3 is 0 Å². The van der Waals surface area contributed by atoms with Crippen molar-refractivity contribution in [2.75, 3.05) is 6.61 Å². The number of nitrogens with zero attached hydrogens (tertiary/aromatic N) is 1. The first-order valence-corrected chi connectivity index (χ1v) is 9.04. The molecule has 2 heteroatoms. The summed E-state index contributed by atoms with van der Waals surface area (Å²) in [5.41, 5.74) is 3.09. The molecule has 0 aliphatic carbocycles. The molecule has 0 fully saturated rings. The summed E-state index contributed by atoms with van der Waals surface area (Å²) >= 11 is 0. The van der Waals surface area contributed by atoms with Gasteiger partial charge in [-0.2, -0.15) is 0 Å². The lowest BCUT2D eigenvalue weighted by Crippen LogP contribution is -2.48. The molecule has 0 saturated heterocycles. The summed E-state index contributed by atoms with van der Waals surface area (Å²) in [5.74, 6) is 0. The summed E-state index contributed by atoms with van der Waals surface area (Å²) in [6.45, 7) is 15.3. The van der Waals surface area contributed by atoms with Crippen LogP contribution in [0.25, 0.3) is 10.8 Å².